The third-order valence-corrected chi connectivity index (χ3v) is 4.34. The van der Waals surface area contributed by atoms with Crippen molar-refractivity contribution in [1.82, 2.24) is 20.2 Å². The number of anilines is 2. The van der Waals surface area contributed by atoms with Crippen LogP contribution in [0, 0.1) is 0 Å². The van der Waals surface area contributed by atoms with E-state index in [0.29, 0.717) is 22.4 Å². The van der Waals surface area contributed by atoms with Crippen molar-refractivity contribution in [2.24, 2.45) is 0 Å². The molecule has 0 atom stereocenters. The number of carbonyl (C=O) groups is 1. The van der Waals surface area contributed by atoms with E-state index in [1.165, 1.54) is 12.1 Å². The lowest BCUT2D eigenvalue weighted by atomic mass is 10.1. The average Bonchev–Trinajstić information content (AvgIpc) is 3.19. The first-order valence-electron chi connectivity index (χ1n) is 8.33. The molecule has 0 saturated heterocycles. The van der Waals surface area contributed by atoms with Crippen molar-refractivity contribution in [3.63, 3.8) is 0 Å². The van der Waals surface area contributed by atoms with Crippen molar-refractivity contribution >= 4 is 29.2 Å². The molecule has 2 aromatic heterocycles. The van der Waals surface area contributed by atoms with Crippen LogP contribution in [0.2, 0.25) is 5.02 Å². The molecule has 0 bridgehead atoms. The van der Waals surface area contributed by atoms with Crippen LogP contribution in [0.3, 0.4) is 0 Å². The minimum atomic E-state index is -0.973. The maximum Gasteiger partial charge on any atom is 0.335 e. The Bertz CT molecular complexity index is 1120. The van der Waals surface area contributed by atoms with Gasteiger partial charge in [-0.2, -0.15) is 5.10 Å². The number of aromatic nitrogens is 4. The predicted octanol–water partition coefficient (Wildman–Crippen LogP) is 4.63. The standard InChI is InChI=1S/C20H14ClN5O2/c21-14-5-1-12(2-6-14)18-16(11-23-26-18)17-9-10-22-20(25-17)24-15-7-3-13(4-8-15)19(27)28/h1-11H,(H,23,26)(H,27,28)(H,22,24,25). The number of halogens is 1. The Labute approximate surface area is 165 Å². The summed E-state index contributed by atoms with van der Waals surface area (Å²) in [6.07, 6.45) is 3.35. The summed E-state index contributed by atoms with van der Waals surface area (Å²) in [7, 11) is 0. The summed E-state index contributed by atoms with van der Waals surface area (Å²) in [5, 5.41) is 19.9. The molecule has 0 fully saturated rings. The Morgan fingerprint density at radius 2 is 1.79 bits per heavy atom. The van der Waals surface area contributed by atoms with Crippen LogP contribution >= 0.6 is 11.6 Å². The molecule has 0 aliphatic heterocycles. The number of hydrogen-bond donors (Lipinski definition) is 3. The highest BCUT2D eigenvalue weighted by Crippen LogP contribution is 2.30. The molecule has 0 radical (unpaired) electrons. The van der Waals surface area contributed by atoms with Crippen molar-refractivity contribution in [3.05, 3.63) is 77.6 Å². The van der Waals surface area contributed by atoms with Gasteiger partial charge in [0.1, 0.15) is 0 Å². The number of hydrogen-bond acceptors (Lipinski definition) is 5. The summed E-state index contributed by atoms with van der Waals surface area (Å²) < 4.78 is 0. The zero-order valence-corrected chi connectivity index (χ0v) is 15.2. The Morgan fingerprint density at radius 3 is 2.50 bits per heavy atom. The predicted molar refractivity (Wildman–Crippen MR) is 107 cm³/mol. The van der Waals surface area contributed by atoms with E-state index in [1.807, 2.05) is 24.3 Å². The molecule has 138 valence electrons. The molecule has 4 rings (SSSR count). The summed E-state index contributed by atoms with van der Waals surface area (Å²) in [4.78, 5) is 19.7. The number of aromatic amines is 1. The van der Waals surface area contributed by atoms with Crippen molar-refractivity contribution in [1.29, 1.82) is 0 Å². The van der Waals surface area contributed by atoms with Gasteiger partial charge >= 0.3 is 5.97 Å². The highest BCUT2D eigenvalue weighted by molar-refractivity contribution is 6.30. The van der Waals surface area contributed by atoms with E-state index < -0.39 is 5.97 Å². The second kappa shape index (κ2) is 7.50. The first-order chi connectivity index (χ1) is 13.6. The summed E-state index contributed by atoms with van der Waals surface area (Å²) in [6, 6.07) is 15.6. The lowest BCUT2D eigenvalue weighted by Crippen LogP contribution is -1.99. The zero-order valence-electron chi connectivity index (χ0n) is 14.4. The van der Waals surface area contributed by atoms with Crippen LogP contribution in [0.5, 0.6) is 0 Å². The van der Waals surface area contributed by atoms with E-state index in [2.05, 4.69) is 25.5 Å². The third kappa shape index (κ3) is 3.70. The van der Waals surface area contributed by atoms with Gasteiger partial charge in [0.05, 0.1) is 23.1 Å². The first-order valence-corrected chi connectivity index (χ1v) is 8.71. The van der Waals surface area contributed by atoms with Crippen LogP contribution in [0.4, 0.5) is 11.6 Å². The second-order valence-corrected chi connectivity index (χ2v) is 6.37. The fourth-order valence-corrected chi connectivity index (χ4v) is 2.84. The molecular formula is C20H14ClN5O2. The number of H-pyrrole nitrogens is 1. The smallest absolute Gasteiger partial charge is 0.335 e. The highest BCUT2D eigenvalue weighted by atomic mass is 35.5. The molecule has 8 heteroatoms. The molecule has 7 nitrogen and oxygen atoms in total. The molecule has 3 N–H and O–H groups in total. The number of nitrogens with zero attached hydrogens (tertiary/aromatic N) is 3. The van der Waals surface area contributed by atoms with Gasteiger partial charge in [0, 0.05) is 28.0 Å². The first kappa shape index (κ1) is 17.7. The molecule has 0 amide bonds. The Kier molecular flexibility index (Phi) is 4.74. The number of aromatic carboxylic acids is 1. The van der Waals surface area contributed by atoms with Crippen molar-refractivity contribution < 1.29 is 9.90 Å². The summed E-state index contributed by atoms with van der Waals surface area (Å²) in [5.41, 5.74) is 4.19. The van der Waals surface area contributed by atoms with Crippen molar-refractivity contribution in [2.75, 3.05) is 5.32 Å². The second-order valence-electron chi connectivity index (χ2n) is 5.94. The van der Waals surface area contributed by atoms with Crippen LogP contribution in [0.15, 0.2) is 67.0 Å². The Hall–Kier alpha value is -3.71. The molecule has 2 heterocycles. The normalized spacial score (nSPS) is 10.6. The largest absolute Gasteiger partial charge is 0.478 e. The Balaban J connectivity index is 1.62. The SMILES string of the molecule is O=C(O)c1ccc(Nc2nccc(-c3cn[nH]c3-c3ccc(Cl)cc3)n2)cc1. The van der Waals surface area contributed by atoms with E-state index in [0.717, 1.165) is 16.8 Å². The third-order valence-electron chi connectivity index (χ3n) is 4.09. The van der Waals surface area contributed by atoms with Crippen LogP contribution in [0.1, 0.15) is 10.4 Å². The van der Waals surface area contributed by atoms with E-state index in [1.54, 1.807) is 30.6 Å². The van der Waals surface area contributed by atoms with E-state index >= 15 is 0 Å². The van der Waals surface area contributed by atoms with E-state index in [9.17, 15) is 4.79 Å². The van der Waals surface area contributed by atoms with E-state index in [-0.39, 0.29) is 5.56 Å². The Morgan fingerprint density at radius 1 is 1.04 bits per heavy atom. The fourth-order valence-electron chi connectivity index (χ4n) is 2.71. The quantitative estimate of drug-likeness (QED) is 0.458. The molecule has 0 aliphatic rings. The van der Waals surface area contributed by atoms with E-state index in [4.69, 9.17) is 16.7 Å². The van der Waals surface area contributed by atoms with Gasteiger partial charge < -0.3 is 10.4 Å². The lowest BCUT2D eigenvalue weighted by Gasteiger charge is -2.07. The van der Waals surface area contributed by atoms with Crippen LogP contribution in [-0.4, -0.2) is 31.2 Å². The van der Waals surface area contributed by atoms with Crippen LogP contribution in [0.25, 0.3) is 22.5 Å². The van der Waals surface area contributed by atoms with Gasteiger partial charge in [-0.25, -0.2) is 14.8 Å². The average molecular weight is 392 g/mol. The number of carboxylic acid groups (broad SMARTS) is 1. The fraction of sp³-hybridized carbons (Fsp3) is 0. The molecule has 0 saturated carbocycles. The maximum atomic E-state index is 11.0. The molecule has 0 unspecified atom stereocenters. The van der Waals surface area contributed by atoms with Crippen LogP contribution < -0.4 is 5.32 Å². The summed E-state index contributed by atoms with van der Waals surface area (Å²) in [6.45, 7) is 0. The monoisotopic (exact) mass is 391 g/mol. The number of benzene rings is 2. The van der Waals surface area contributed by atoms with Gasteiger partial charge in [0.2, 0.25) is 5.95 Å². The minimum absolute atomic E-state index is 0.214. The highest BCUT2D eigenvalue weighted by Gasteiger charge is 2.12. The molecule has 2 aromatic carbocycles. The van der Waals surface area contributed by atoms with Crippen molar-refractivity contribution in [3.8, 4) is 22.5 Å². The molecule has 0 aliphatic carbocycles. The topological polar surface area (TPSA) is 104 Å². The van der Waals surface area contributed by atoms with Gasteiger partial charge in [-0.15, -0.1) is 0 Å². The van der Waals surface area contributed by atoms with Crippen LogP contribution in [-0.2, 0) is 0 Å². The maximum absolute atomic E-state index is 11.0. The molecule has 28 heavy (non-hydrogen) atoms. The van der Waals surface area contributed by atoms with Gasteiger partial charge in [0.15, 0.2) is 0 Å². The summed E-state index contributed by atoms with van der Waals surface area (Å²) in [5.74, 6) is -0.580. The van der Waals surface area contributed by atoms with Gasteiger partial charge in [-0.05, 0) is 42.5 Å². The molecule has 4 aromatic rings. The molecule has 0 spiro atoms. The van der Waals surface area contributed by atoms with Gasteiger partial charge in [-0.1, -0.05) is 23.7 Å². The number of rotatable bonds is 5. The van der Waals surface area contributed by atoms with Gasteiger partial charge in [0.25, 0.3) is 0 Å². The number of carboxylic acids is 1. The number of nitrogens with one attached hydrogen (secondary N) is 2. The zero-order chi connectivity index (χ0) is 19.5. The van der Waals surface area contributed by atoms with Gasteiger partial charge in [-0.3, -0.25) is 5.10 Å². The summed E-state index contributed by atoms with van der Waals surface area (Å²) >= 11 is 5.97. The molecular weight excluding hydrogens is 378 g/mol. The lowest BCUT2D eigenvalue weighted by molar-refractivity contribution is 0.0697. The minimum Gasteiger partial charge on any atom is -0.478 e. The van der Waals surface area contributed by atoms with Crippen molar-refractivity contribution in [2.45, 2.75) is 0 Å².